The van der Waals surface area contributed by atoms with Crippen LogP contribution in [0.3, 0.4) is 0 Å². The Morgan fingerprint density at radius 3 is 2.70 bits per heavy atom. The van der Waals surface area contributed by atoms with E-state index in [1.54, 1.807) is 49.4 Å². The number of ketones is 1. The molecular formula is C29H26N2O8S. The van der Waals surface area contributed by atoms with Gasteiger partial charge in [-0.3, -0.25) is 14.5 Å². The molecular weight excluding hydrogens is 536 g/mol. The number of ether oxygens (including phenoxy) is 4. The lowest BCUT2D eigenvalue weighted by Gasteiger charge is -2.25. The number of anilines is 1. The van der Waals surface area contributed by atoms with Gasteiger partial charge in [0.25, 0.3) is 5.78 Å². The van der Waals surface area contributed by atoms with Crippen molar-refractivity contribution < 1.29 is 38.4 Å². The van der Waals surface area contributed by atoms with E-state index in [1.807, 2.05) is 6.92 Å². The van der Waals surface area contributed by atoms with Gasteiger partial charge < -0.3 is 24.1 Å². The highest BCUT2D eigenvalue weighted by atomic mass is 32.1. The molecule has 40 heavy (non-hydrogen) atoms. The normalized spacial score (nSPS) is 17.6. The van der Waals surface area contributed by atoms with Gasteiger partial charge in [-0.15, -0.1) is 0 Å². The molecule has 0 spiro atoms. The molecule has 11 heteroatoms. The highest BCUT2D eigenvalue weighted by Gasteiger charge is 2.49. The van der Waals surface area contributed by atoms with Crippen molar-refractivity contribution in [2.75, 3.05) is 31.3 Å². The minimum atomic E-state index is -1.10. The number of carbonyl (C=O) groups excluding carboxylic acids is 3. The van der Waals surface area contributed by atoms with E-state index >= 15 is 0 Å². The smallest absolute Gasteiger partial charge is 0.350 e. The number of aliphatic hydroxyl groups is 1. The number of hydrogen-bond donors (Lipinski definition) is 1. The molecule has 5 rings (SSSR count). The highest BCUT2D eigenvalue weighted by molar-refractivity contribution is 7.17. The van der Waals surface area contributed by atoms with Crippen molar-refractivity contribution >= 4 is 39.9 Å². The molecule has 2 aromatic carbocycles. The Morgan fingerprint density at radius 2 is 1.95 bits per heavy atom. The molecule has 1 unspecified atom stereocenters. The summed E-state index contributed by atoms with van der Waals surface area (Å²) in [5.41, 5.74) is 0.911. The van der Waals surface area contributed by atoms with Gasteiger partial charge >= 0.3 is 11.9 Å². The summed E-state index contributed by atoms with van der Waals surface area (Å²) in [5.74, 6) is -1.49. The molecule has 1 saturated heterocycles. The van der Waals surface area contributed by atoms with Crippen molar-refractivity contribution in [2.24, 2.45) is 0 Å². The fourth-order valence-corrected chi connectivity index (χ4v) is 5.53. The van der Waals surface area contributed by atoms with E-state index < -0.39 is 29.5 Å². The number of aliphatic hydroxyl groups excluding tert-OH is 1. The molecule has 206 valence electrons. The Morgan fingerprint density at radius 1 is 1.20 bits per heavy atom. The number of aromatic nitrogens is 1. The fraction of sp³-hybridized carbons (Fsp3) is 0.241. The first kappa shape index (κ1) is 26.9. The van der Waals surface area contributed by atoms with Gasteiger partial charge in [0.05, 0.1) is 17.9 Å². The first-order chi connectivity index (χ1) is 19.3. The van der Waals surface area contributed by atoms with Crippen LogP contribution >= 0.6 is 11.3 Å². The van der Waals surface area contributed by atoms with Gasteiger partial charge in [0, 0.05) is 11.1 Å². The maximum absolute atomic E-state index is 13.6. The van der Waals surface area contributed by atoms with Gasteiger partial charge in [-0.05, 0) is 38.1 Å². The van der Waals surface area contributed by atoms with Gasteiger partial charge in [0.1, 0.15) is 42.2 Å². The number of hydrogen-bond acceptors (Lipinski definition) is 10. The van der Waals surface area contributed by atoms with Crippen LogP contribution in [0.15, 0.2) is 60.7 Å². The van der Waals surface area contributed by atoms with Gasteiger partial charge in [0.15, 0.2) is 16.6 Å². The number of fused-ring (bicyclic) bond motifs is 1. The summed E-state index contributed by atoms with van der Waals surface area (Å²) in [5, 5.41) is 11.6. The predicted octanol–water partition coefficient (Wildman–Crippen LogP) is 4.59. The van der Waals surface area contributed by atoms with E-state index in [-0.39, 0.29) is 27.8 Å². The second kappa shape index (κ2) is 11.2. The molecule has 1 amide bonds. The molecule has 3 heterocycles. The number of amides is 1. The van der Waals surface area contributed by atoms with Crippen LogP contribution < -0.4 is 19.1 Å². The van der Waals surface area contributed by atoms with Crippen molar-refractivity contribution in [2.45, 2.75) is 19.9 Å². The van der Waals surface area contributed by atoms with E-state index in [0.29, 0.717) is 48.3 Å². The van der Waals surface area contributed by atoms with Gasteiger partial charge in [-0.2, -0.15) is 0 Å². The maximum Gasteiger partial charge on any atom is 0.350 e. The monoisotopic (exact) mass is 562 g/mol. The van der Waals surface area contributed by atoms with Crippen molar-refractivity contribution in [3.05, 3.63) is 82.4 Å². The van der Waals surface area contributed by atoms with Crippen LogP contribution in [0.4, 0.5) is 5.13 Å². The number of nitrogens with zero attached hydrogens (tertiary/aromatic N) is 2. The van der Waals surface area contributed by atoms with Gasteiger partial charge in [-0.1, -0.05) is 42.2 Å². The zero-order valence-corrected chi connectivity index (χ0v) is 22.7. The Labute approximate surface area is 234 Å². The highest BCUT2D eigenvalue weighted by Crippen LogP contribution is 2.47. The summed E-state index contributed by atoms with van der Waals surface area (Å²) < 4.78 is 22.2. The molecule has 10 nitrogen and oxygen atoms in total. The van der Waals surface area contributed by atoms with Crippen LogP contribution in [0, 0.1) is 6.92 Å². The molecule has 0 aliphatic carbocycles. The number of thiazole rings is 1. The molecule has 0 radical (unpaired) electrons. The second-order valence-corrected chi connectivity index (χ2v) is 9.77. The Balaban J connectivity index is 1.68. The molecule has 2 aliphatic heterocycles. The third kappa shape index (κ3) is 4.79. The number of rotatable bonds is 8. The lowest BCUT2D eigenvalue weighted by atomic mass is 9.94. The number of benzene rings is 2. The van der Waals surface area contributed by atoms with Crippen LogP contribution in [0.25, 0.3) is 5.76 Å². The quantitative estimate of drug-likeness (QED) is 0.138. The Hall–Kier alpha value is -4.64. The maximum atomic E-state index is 13.6. The second-order valence-electron chi connectivity index (χ2n) is 8.80. The summed E-state index contributed by atoms with van der Waals surface area (Å²) in [6, 6.07) is 10.6. The zero-order chi connectivity index (χ0) is 28.4. The minimum absolute atomic E-state index is 0.00723. The average molecular weight is 563 g/mol. The van der Waals surface area contributed by atoms with Crippen LogP contribution in [0.1, 0.15) is 39.5 Å². The molecule has 1 aromatic heterocycles. The molecule has 3 aromatic rings. The predicted molar refractivity (Wildman–Crippen MR) is 147 cm³/mol. The molecule has 2 aliphatic rings. The van der Waals surface area contributed by atoms with Crippen molar-refractivity contribution in [3.8, 4) is 17.2 Å². The number of aryl methyl sites for hydroxylation is 1. The minimum Gasteiger partial charge on any atom is -0.507 e. The SMILES string of the molecule is C=CCOC(=O)c1sc(N2C(=O)C(=O)/C(=C(/O)c3ccc4c(c3)OCCO4)C2c2ccccc2OCC)nc1C. The van der Waals surface area contributed by atoms with Crippen LogP contribution in [0.5, 0.6) is 17.2 Å². The van der Waals surface area contributed by atoms with E-state index in [0.717, 1.165) is 11.3 Å². The van der Waals surface area contributed by atoms with Crippen molar-refractivity contribution in [1.29, 1.82) is 0 Å². The van der Waals surface area contributed by atoms with E-state index in [1.165, 1.54) is 11.0 Å². The van der Waals surface area contributed by atoms with Gasteiger partial charge in [-0.25, -0.2) is 9.78 Å². The van der Waals surface area contributed by atoms with Crippen LogP contribution in [-0.2, 0) is 14.3 Å². The Bertz CT molecular complexity index is 1540. The topological polar surface area (TPSA) is 124 Å². The lowest BCUT2D eigenvalue weighted by Crippen LogP contribution is -2.29. The molecule has 1 atom stereocenters. The molecule has 0 saturated carbocycles. The Kier molecular flexibility index (Phi) is 7.56. The first-order valence-electron chi connectivity index (χ1n) is 12.5. The fourth-order valence-electron chi connectivity index (χ4n) is 4.54. The molecule has 1 N–H and O–H groups in total. The first-order valence-corrected chi connectivity index (χ1v) is 13.4. The molecule has 0 bridgehead atoms. The standard InChI is InChI=1S/C29H26N2O8S/c1-4-12-39-28(35)26-16(3)30-29(40-26)31-23(18-8-6-7-9-19(18)36-5-2)22(25(33)27(31)34)24(32)17-10-11-20-21(15-17)38-14-13-37-20/h4,6-11,15,23,32H,1,5,12-14H2,2-3H3/b24-22+. The number of Topliss-reactive ketones (excluding diaryl/α,β-unsaturated/α-hetero) is 1. The van der Waals surface area contributed by atoms with E-state index in [9.17, 15) is 19.5 Å². The van der Waals surface area contributed by atoms with E-state index in [2.05, 4.69) is 11.6 Å². The number of esters is 1. The molecule has 1 fully saturated rings. The summed E-state index contributed by atoms with van der Waals surface area (Å²) >= 11 is 0.918. The van der Waals surface area contributed by atoms with E-state index in [4.69, 9.17) is 18.9 Å². The lowest BCUT2D eigenvalue weighted by molar-refractivity contribution is -0.132. The third-order valence-corrected chi connectivity index (χ3v) is 7.42. The zero-order valence-electron chi connectivity index (χ0n) is 21.8. The van der Waals surface area contributed by atoms with Crippen LogP contribution in [0.2, 0.25) is 0 Å². The third-order valence-electron chi connectivity index (χ3n) is 6.28. The summed E-state index contributed by atoms with van der Waals surface area (Å²) in [6.07, 6.45) is 1.44. The number of para-hydroxylation sites is 1. The summed E-state index contributed by atoms with van der Waals surface area (Å²) in [6.45, 7) is 8.03. The summed E-state index contributed by atoms with van der Waals surface area (Å²) in [4.78, 5) is 45.6. The largest absolute Gasteiger partial charge is 0.507 e. The average Bonchev–Trinajstić information content (AvgIpc) is 3.47. The number of carbonyl (C=O) groups is 3. The van der Waals surface area contributed by atoms with Crippen LogP contribution in [-0.4, -0.2) is 54.2 Å². The van der Waals surface area contributed by atoms with Crippen molar-refractivity contribution in [1.82, 2.24) is 4.98 Å². The summed E-state index contributed by atoms with van der Waals surface area (Å²) in [7, 11) is 0. The van der Waals surface area contributed by atoms with Gasteiger partial charge in [0.2, 0.25) is 0 Å². The van der Waals surface area contributed by atoms with Crippen molar-refractivity contribution in [3.63, 3.8) is 0 Å².